The molecule has 2 nitrogen and oxygen atoms in total. The van der Waals surface area contributed by atoms with Crippen LogP contribution in [0.2, 0.25) is 0 Å². The second-order valence-electron chi connectivity index (χ2n) is 5.39. The number of hydrogen-bond donors (Lipinski definition) is 1. The van der Waals surface area contributed by atoms with Crippen molar-refractivity contribution >= 4 is 0 Å². The second kappa shape index (κ2) is 6.58. The van der Waals surface area contributed by atoms with E-state index in [9.17, 15) is 5.11 Å². The van der Waals surface area contributed by atoms with Crippen molar-refractivity contribution in [1.29, 1.82) is 0 Å². The zero-order valence-corrected chi connectivity index (χ0v) is 12.3. The van der Waals surface area contributed by atoms with Gasteiger partial charge in [0.15, 0.2) is 0 Å². The predicted molar refractivity (Wildman–Crippen MR) is 82.2 cm³/mol. The molecule has 0 saturated heterocycles. The standard InChI is InChI=1S/C18H22O2/c1-13(2)15-6-4-14(5-7-15)12-18(19)16-8-10-17(20-3)11-9-16/h4-11,13,18-19H,12H2,1-3H3. The maximum atomic E-state index is 10.3. The molecule has 0 heterocycles. The third kappa shape index (κ3) is 3.61. The van der Waals surface area contributed by atoms with Gasteiger partial charge in [-0.15, -0.1) is 0 Å². The fourth-order valence-electron chi connectivity index (χ4n) is 2.21. The van der Waals surface area contributed by atoms with Crippen LogP contribution in [-0.4, -0.2) is 12.2 Å². The highest BCUT2D eigenvalue weighted by atomic mass is 16.5. The van der Waals surface area contributed by atoms with Crippen LogP contribution in [0.15, 0.2) is 48.5 Å². The molecule has 0 amide bonds. The lowest BCUT2D eigenvalue weighted by Crippen LogP contribution is -2.02. The first-order chi connectivity index (χ1) is 9.60. The largest absolute Gasteiger partial charge is 0.497 e. The predicted octanol–water partition coefficient (Wildman–Crippen LogP) is 4.09. The Bertz CT molecular complexity index is 526. The summed E-state index contributed by atoms with van der Waals surface area (Å²) in [5.41, 5.74) is 3.39. The molecule has 1 N–H and O–H groups in total. The minimum absolute atomic E-state index is 0.481. The van der Waals surface area contributed by atoms with Gasteiger partial charge in [-0.25, -0.2) is 0 Å². The Morgan fingerprint density at radius 3 is 1.95 bits per heavy atom. The lowest BCUT2D eigenvalue weighted by molar-refractivity contribution is 0.178. The van der Waals surface area contributed by atoms with Crippen LogP contribution in [-0.2, 0) is 6.42 Å². The summed E-state index contributed by atoms with van der Waals surface area (Å²) in [5.74, 6) is 1.35. The molecule has 1 unspecified atom stereocenters. The zero-order valence-electron chi connectivity index (χ0n) is 12.3. The van der Waals surface area contributed by atoms with Crippen LogP contribution in [0, 0.1) is 0 Å². The monoisotopic (exact) mass is 270 g/mol. The lowest BCUT2D eigenvalue weighted by Gasteiger charge is -2.13. The van der Waals surface area contributed by atoms with Crippen molar-refractivity contribution in [2.75, 3.05) is 7.11 Å². The molecule has 20 heavy (non-hydrogen) atoms. The number of aliphatic hydroxyl groups is 1. The summed E-state index contributed by atoms with van der Waals surface area (Å²) in [6.45, 7) is 4.36. The molecular weight excluding hydrogens is 248 g/mol. The molecule has 1 atom stereocenters. The van der Waals surface area contributed by atoms with Crippen molar-refractivity contribution < 1.29 is 9.84 Å². The average molecular weight is 270 g/mol. The first-order valence-corrected chi connectivity index (χ1v) is 7.01. The van der Waals surface area contributed by atoms with Crippen molar-refractivity contribution in [3.63, 3.8) is 0 Å². The Kier molecular flexibility index (Phi) is 4.80. The third-order valence-corrected chi connectivity index (χ3v) is 3.58. The summed E-state index contributed by atoms with van der Waals surface area (Å²) < 4.78 is 5.12. The van der Waals surface area contributed by atoms with Crippen molar-refractivity contribution in [2.45, 2.75) is 32.3 Å². The first-order valence-electron chi connectivity index (χ1n) is 7.01. The van der Waals surface area contributed by atoms with Crippen LogP contribution in [0.25, 0.3) is 0 Å². The zero-order chi connectivity index (χ0) is 14.5. The summed E-state index contributed by atoms with van der Waals surface area (Å²) in [4.78, 5) is 0. The quantitative estimate of drug-likeness (QED) is 0.886. The first kappa shape index (κ1) is 14.6. The van der Waals surface area contributed by atoms with Crippen molar-refractivity contribution in [2.24, 2.45) is 0 Å². The molecule has 2 aromatic rings. The summed E-state index contributed by atoms with van der Waals surface area (Å²) in [5, 5.41) is 10.3. The Labute approximate surface area is 121 Å². The van der Waals surface area contributed by atoms with Gasteiger partial charge in [-0.05, 0) is 34.7 Å². The molecule has 0 spiro atoms. The highest BCUT2D eigenvalue weighted by Crippen LogP contribution is 2.22. The lowest BCUT2D eigenvalue weighted by atomic mass is 9.97. The Morgan fingerprint density at radius 1 is 0.900 bits per heavy atom. The summed E-state index contributed by atoms with van der Waals surface area (Å²) in [6, 6.07) is 16.0. The summed E-state index contributed by atoms with van der Waals surface area (Å²) in [7, 11) is 1.64. The van der Waals surface area contributed by atoms with Gasteiger partial charge in [-0.3, -0.25) is 0 Å². The Hall–Kier alpha value is -1.80. The normalized spacial score (nSPS) is 12.4. The van der Waals surface area contributed by atoms with E-state index < -0.39 is 6.10 Å². The highest BCUT2D eigenvalue weighted by molar-refractivity contribution is 5.30. The summed E-state index contributed by atoms with van der Waals surface area (Å²) in [6.07, 6.45) is 0.149. The maximum Gasteiger partial charge on any atom is 0.118 e. The smallest absolute Gasteiger partial charge is 0.118 e. The van der Waals surface area contributed by atoms with Crippen LogP contribution < -0.4 is 4.74 Å². The number of benzene rings is 2. The molecule has 2 heteroatoms. The van der Waals surface area contributed by atoms with Gasteiger partial charge in [0.2, 0.25) is 0 Å². The third-order valence-electron chi connectivity index (χ3n) is 3.58. The molecule has 0 fully saturated rings. The van der Waals surface area contributed by atoms with Gasteiger partial charge < -0.3 is 9.84 Å². The van der Waals surface area contributed by atoms with E-state index in [0.717, 1.165) is 16.9 Å². The van der Waals surface area contributed by atoms with E-state index in [4.69, 9.17) is 4.74 Å². The van der Waals surface area contributed by atoms with E-state index in [-0.39, 0.29) is 0 Å². The van der Waals surface area contributed by atoms with E-state index in [1.807, 2.05) is 24.3 Å². The molecule has 0 aliphatic rings. The van der Waals surface area contributed by atoms with Crippen LogP contribution in [0.5, 0.6) is 5.75 Å². The topological polar surface area (TPSA) is 29.5 Å². The number of rotatable bonds is 5. The van der Waals surface area contributed by atoms with Crippen molar-refractivity contribution in [1.82, 2.24) is 0 Å². The molecule has 0 aliphatic carbocycles. The van der Waals surface area contributed by atoms with Gasteiger partial charge in [0.25, 0.3) is 0 Å². The van der Waals surface area contributed by atoms with E-state index in [0.29, 0.717) is 12.3 Å². The molecule has 0 aliphatic heterocycles. The average Bonchev–Trinajstić information content (AvgIpc) is 2.48. The summed E-state index contributed by atoms with van der Waals surface area (Å²) >= 11 is 0. The van der Waals surface area contributed by atoms with Crippen LogP contribution in [0.1, 0.15) is 42.6 Å². The number of hydrogen-bond acceptors (Lipinski definition) is 2. The molecule has 106 valence electrons. The van der Waals surface area contributed by atoms with E-state index in [2.05, 4.69) is 38.1 Å². The van der Waals surface area contributed by atoms with Crippen molar-refractivity contribution in [3.05, 3.63) is 65.2 Å². The van der Waals surface area contributed by atoms with Crippen LogP contribution in [0.3, 0.4) is 0 Å². The van der Waals surface area contributed by atoms with Crippen molar-refractivity contribution in [3.8, 4) is 5.75 Å². The van der Waals surface area contributed by atoms with E-state index in [1.54, 1.807) is 7.11 Å². The van der Waals surface area contributed by atoms with Gasteiger partial charge in [-0.2, -0.15) is 0 Å². The molecule has 0 aromatic heterocycles. The molecule has 0 radical (unpaired) electrons. The van der Waals surface area contributed by atoms with Gasteiger partial charge in [0.1, 0.15) is 5.75 Å². The Balaban J connectivity index is 2.04. The SMILES string of the molecule is COc1ccc(C(O)Cc2ccc(C(C)C)cc2)cc1. The molecule has 2 aromatic carbocycles. The van der Waals surface area contributed by atoms with Crippen LogP contribution >= 0.6 is 0 Å². The second-order valence-corrected chi connectivity index (χ2v) is 5.39. The molecule has 2 rings (SSSR count). The van der Waals surface area contributed by atoms with E-state index in [1.165, 1.54) is 5.56 Å². The Morgan fingerprint density at radius 2 is 1.45 bits per heavy atom. The van der Waals surface area contributed by atoms with Gasteiger partial charge >= 0.3 is 0 Å². The molecule has 0 saturated carbocycles. The maximum absolute atomic E-state index is 10.3. The van der Waals surface area contributed by atoms with Gasteiger partial charge in [0.05, 0.1) is 13.2 Å². The van der Waals surface area contributed by atoms with Crippen LogP contribution in [0.4, 0.5) is 0 Å². The highest BCUT2D eigenvalue weighted by Gasteiger charge is 2.09. The van der Waals surface area contributed by atoms with Gasteiger partial charge in [0, 0.05) is 6.42 Å². The fraction of sp³-hybridized carbons (Fsp3) is 0.333. The number of aliphatic hydroxyl groups excluding tert-OH is 1. The van der Waals surface area contributed by atoms with E-state index >= 15 is 0 Å². The number of ether oxygens (including phenoxy) is 1. The molecular formula is C18H22O2. The fourth-order valence-corrected chi connectivity index (χ4v) is 2.21. The minimum atomic E-state index is -0.481. The minimum Gasteiger partial charge on any atom is -0.497 e. The molecule has 0 bridgehead atoms. The van der Waals surface area contributed by atoms with Gasteiger partial charge in [-0.1, -0.05) is 50.2 Å². The number of methoxy groups -OCH3 is 1.